The Morgan fingerprint density at radius 1 is 1.75 bits per heavy atom. The average Bonchev–Trinajstić information content (AvgIpc) is 2.65. The highest BCUT2D eigenvalue weighted by Crippen LogP contribution is 2.14. The number of nitrogens with one attached hydrogen (secondary N) is 1. The Kier molecular flexibility index (Phi) is 4.16. The molecule has 0 saturated heterocycles. The van der Waals surface area contributed by atoms with Crippen molar-refractivity contribution in [3.05, 3.63) is 11.9 Å². The molecule has 4 N–H and O–H groups in total. The molecule has 90 valence electrons. The largest absolute Gasteiger partial charge is 0.409 e. The molecule has 1 aromatic rings. The lowest BCUT2D eigenvalue weighted by atomic mass is 10.1. The SMILES string of the molecule is CCc1nn(C)cc1NCC(C)/C(N)=N/O. The van der Waals surface area contributed by atoms with Gasteiger partial charge in [0.25, 0.3) is 0 Å². The van der Waals surface area contributed by atoms with Crippen molar-refractivity contribution in [2.24, 2.45) is 23.9 Å². The molecule has 0 aliphatic heterocycles. The quantitative estimate of drug-likeness (QED) is 0.299. The molecule has 0 amide bonds. The van der Waals surface area contributed by atoms with Gasteiger partial charge in [-0.15, -0.1) is 0 Å². The summed E-state index contributed by atoms with van der Waals surface area (Å²) in [5, 5.41) is 19.1. The number of hydrogen-bond donors (Lipinski definition) is 3. The maximum Gasteiger partial charge on any atom is 0.143 e. The van der Waals surface area contributed by atoms with Crippen molar-refractivity contribution in [3.63, 3.8) is 0 Å². The van der Waals surface area contributed by atoms with E-state index in [0.29, 0.717) is 6.54 Å². The first-order chi connectivity index (χ1) is 7.58. The van der Waals surface area contributed by atoms with Crippen molar-refractivity contribution in [2.45, 2.75) is 20.3 Å². The maximum atomic E-state index is 8.53. The second-order valence-electron chi connectivity index (χ2n) is 3.82. The Morgan fingerprint density at radius 3 is 3.00 bits per heavy atom. The summed E-state index contributed by atoms with van der Waals surface area (Å²) >= 11 is 0. The molecule has 0 spiro atoms. The van der Waals surface area contributed by atoms with Crippen LogP contribution in [0.2, 0.25) is 0 Å². The van der Waals surface area contributed by atoms with Crippen LogP contribution in [0.4, 0.5) is 5.69 Å². The molecule has 0 fully saturated rings. The Bertz CT molecular complexity index is 371. The number of nitrogens with zero attached hydrogens (tertiary/aromatic N) is 3. The summed E-state index contributed by atoms with van der Waals surface area (Å²) in [6.07, 6.45) is 2.80. The number of aryl methyl sites for hydroxylation is 2. The second-order valence-corrected chi connectivity index (χ2v) is 3.82. The summed E-state index contributed by atoms with van der Waals surface area (Å²) < 4.78 is 1.77. The highest BCUT2D eigenvalue weighted by Gasteiger charge is 2.10. The minimum Gasteiger partial charge on any atom is -0.409 e. The fraction of sp³-hybridized carbons (Fsp3) is 0.600. The summed E-state index contributed by atoms with van der Waals surface area (Å²) in [5.74, 6) is 0.212. The number of oxime groups is 1. The van der Waals surface area contributed by atoms with Crippen LogP contribution in [0.1, 0.15) is 19.5 Å². The van der Waals surface area contributed by atoms with Crippen LogP contribution in [0, 0.1) is 5.92 Å². The van der Waals surface area contributed by atoms with E-state index >= 15 is 0 Å². The molecule has 0 aliphatic rings. The van der Waals surface area contributed by atoms with Gasteiger partial charge in [0.05, 0.1) is 11.4 Å². The summed E-state index contributed by atoms with van der Waals surface area (Å²) in [4.78, 5) is 0. The minimum absolute atomic E-state index is 0.0186. The normalized spacial score (nSPS) is 13.8. The monoisotopic (exact) mass is 225 g/mol. The van der Waals surface area contributed by atoms with Gasteiger partial charge in [-0.1, -0.05) is 19.0 Å². The topological polar surface area (TPSA) is 88.5 Å². The van der Waals surface area contributed by atoms with Gasteiger partial charge in [0.1, 0.15) is 5.84 Å². The van der Waals surface area contributed by atoms with Gasteiger partial charge in [-0.05, 0) is 6.42 Å². The van der Waals surface area contributed by atoms with Crippen LogP contribution in [0.25, 0.3) is 0 Å². The Labute approximate surface area is 95.1 Å². The molecule has 1 aromatic heterocycles. The molecule has 6 nitrogen and oxygen atoms in total. The van der Waals surface area contributed by atoms with Crippen LogP contribution < -0.4 is 11.1 Å². The first-order valence-corrected chi connectivity index (χ1v) is 5.32. The average molecular weight is 225 g/mol. The van der Waals surface area contributed by atoms with E-state index in [4.69, 9.17) is 10.9 Å². The summed E-state index contributed by atoms with van der Waals surface area (Å²) in [7, 11) is 1.89. The van der Waals surface area contributed by atoms with E-state index < -0.39 is 0 Å². The van der Waals surface area contributed by atoms with E-state index in [2.05, 4.69) is 22.5 Å². The van der Waals surface area contributed by atoms with Crippen LogP contribution >= 0.6 is 0 Å². The Hall–Kier alpha value is -1.72. The van der Waals surface area contributed by atoms with Crippen LogP contribution in [0.5, 0.6) is 0 Å². The summed E-state index contributed by atoms with van der Waals surface area (Å²) in [6, 6.07) is 0. The molecule has 1 atom stereocenters. The molecule has 0 aromatic carbocycles. The van der Waals surface area contributed by atoms with Gasteiger partial charge in [-0.3, -0.25) is 4.68 Å². The van der Waals surface area contributed by atoms with Crippen LogP contribution in [0.15, 0.2) is 11.4 Å². The van der Waals surface area contributed by atoms with Gasteiger partial charge in [-0.2, -0.15) is 5.10 Å². The van der Waals surface area contributed by atoms with E-state index in [1.54, 1.807) is 4.68 Å². The van der Waals surface area contributed by atoms with Crippen LogP contribution in [0.3, 0.4) is 0 Å². The third kappa shape index (κ3) is 2.88. The van der Waals surface area contributed by atoms with Crippen LogP contribution in [-0.4, -0.2) is 27.4 Å². The van der Waals surface area contributed by atoms with E-state index in [1.165, 1.54) is 0 Å². The number of nitrogens with two attached hydrogens (primary N) is 1. The fourth-order valence-corrected chi connectivity index (χ4v) is 1.41. The van der Waals surface area contributed by atoms with Crippen LogP contribution in [-0.2, 0) is 13.5 Å². The van der Waals surface area contributed by atoms with Crippen molar-refractivity contribution in [2.75, 3.05) is 11.9 Å². The van der Waals surface area contributed by atoms with Gasteiger partial charge in [0.2, 0.25) is 0 Å². The molecule has 0 radical (unpaired) electrons. The number of hydrogen-bond acceptors (Lipinski definition) is 4. The van der Waals surface area contributed by atoms with Crippen molar-refractivity contribution in [1.82, 2.24) is 9.78 Å². The molecule has 0 saturated carbocycles. The van der Waals surface area contributed by atoms with Gasteiger partial charge in [0.15, 0.2) is 0 Å². The first-order valence-electron chi connectivity index (χ1n) is 5.32. The van der Waals surface area contributed by atoms with Gasteiger partial charge < -0.3 is 16.3 Å². The lowest BCUT2D eigenvalue weighted by Crippen LogP contribution is -2.27. The molecule has 1 heterocycles. The maximum absolute atomic E-state index is 8.53. The molecule has 16 heavy (non-hydrogen) atoms. The van der Waals surface area contributed by atoms with Crippen molar-refractivity contribution in [3.8, 4) is 0 Å². The summed E-state index contributed by atoms with van der Waals surface area (Å²) in [5.41, 5.74) is 7.52. The predicted octanol–water partition coefficient (Wildman–Crippen LogP) is 0.777. The van der Waals surface area contributed by atoms with Crippen molar-refractivity contribution >= 4 is 11.5 Å². The molecular formula is C10H19N5O. The number of rotatable bonds is 5. The van der Waals surface area contributed by atoms with Crippen molar-refractivity contribution in [1.29, 1.82) is 0 Å². The number of aromatic nitrogens is 2. The highest BCUT2D eigenvalue weighted by atomic mass is 16.4. The third-order valence-electron chi connectivity index (χ3n) is 2.46. The lowest BCUT2D eigenvalue weighted by molar-refractivity contribution is 0.315. The smallest absolute Gasteiger partial charge is 0.143 e. The Morgan fingerprint density at radius 2 is 2.44 bits per heavy atom. The molecule has 1 rings (SSSR count). The van der Waals surface area contributed by atoms with Gasteiger partial charge >= 0.3 is 0 Å². The molecule has 6 heteroatoms. The predicted molar refractivity (Wildman–Crippen MR) is 63.6 cm³/mol. The standard InChI is InChI=1S/C10H19N5O/c1-4-8-9(6-15(3)13-8)12-5-7(2)10(11)14-16/h6-7,12,16H,4-5H2,1-3H3,(H2,11,14). The van der Waals surface area contributed by atoms with E-state index in [-0.39, 0.29) is 11.8 Å². The summed E-state index contributed by atoms with van der Waals surface area (Å²) in [6.45, 7) is 4.57. The van der Waals surface area contributed by atoms with Gasteiger partial charge in [-0.25, -0.2) is 0 Å². The highest BCUT2D eigenvalue weighted by molar-refractivity contribution is 5.82. The number of anilines is 1. The van der Waals surface area contributed by atoms with E-state index in [9.17, 15) is 0 Å². The molecular weight excluding hydrogens is 206 g/mol. The minimum atomic E-state index is -0.0186. The fourth-order valence-electron chi connectivity index (χ4n) is 1.41. The van der Waals surface area contributed by atoms with E-state index in [1.807, 2.05) is 20.2 Å². The first kappa shape index (κ1) is 12.4. The zero-order valence-electron chi connectivity index (χ0n) is 9.94. The Balaban J connectivity index is 2.60. The molecule has 1 unspecified atom stereocenters. The van der Waals surface area contributed by atoms with Gasteiger partial charge in [0, 0.05) is 25.7 Å². The second kappa shape index (κ2) is 5.39. The van der Waals surface area contributed by atoms with Crippen molar-refractivity contribution < 1.29 is 5.21 Å². The van der Waals surface area contributed by atoms with E-state index in [0.717, 1.165) is 17.8 Å². The zero-order valence-corrected chi connectivity index (χ0v) is 9.94. The lowest BCUT2D eigenvalue weighted by Gasteiger charge is -2.11. The molecule has 0 aliphatic carbocycles. The zero-order chi connectivity index (χ0) is 12.1. The third-order valence-corrected chi connectivity index (χ3v) is 2.46. The number of amidine groups is 1. The molecule has 0 bridgehead atoms.